The molecular formula is C11H20N4S. The molecule has 0 unspecified atom stereocenters. The topological polar surface area (TPSA) is 39.7 Å². The van der Waals surface area contributed by atoms with Crippen molar-refractivity contribution < 1.29 is 0 Å². The van der Waals surface area contributed by atoms with E-state index in [9.17, 15) is 0 Å². The normalized spacial score (nSPS) is 13.9. The number of hydrogen-bond donors (Lipinski definition) is 2. The first kappa shape index (κ1) is 13.0. The second-order valence-corrected chi connectivity index (χ2v) is 4.68. The molecule has 1 heterocycles. The number of nitrogens with zero attached hydrogens (tertiary/aromatic N) is 2. The van der Waals surface area contributed by atoms with E-state index >= 15 is 0 Å². The quantitative estimate of drug-likeness (QED) is 0.612. The van der Waals surface area contributed by atoms with E-state index in [4.69, 9.17) is 0 Å². The van der Waals surface area contributed by atoms with Crippen molar-refractivity contribution in [3.05, 3.63) is 22.4 Å². The van der Waals surface area contributed by atoms with Crippen molar-refractivity contribution in [1.29, 1.82) is 0 Å². The van der Waals surface area contributed by atoms with Gasteiger partial charge >= 0.3 is 0 Å². The fourth-order valence-corrected chi connectivity index (χ4v) is 2.41. The molecule has 1 atom stereocenters. The summed E-state index contributed by atoms with van der Waals surface area (Å²) in [6, 6.07) is 4.63. The van der Waals surface area contributed by atoms with Gasteiger partial charge in [0.2, 0.25) is 0 Å². The highest BCUT2D eigenvalue weighted by molar-refractivity contribution is 7.10. The number of guanidine groups is 1. The van der Waals surface area contributed by atoms with Crippen LogP contribution in [0.3, 0.4) is 0 Å². The van der Waals surface area contributed by atoms with Crippen LogP contribution in [0.5, 0.6) is 0 Å². The lowest BCUT2D eigenvalue weighted by atomic mass is 10.2. The lowest BCUT2D eigenvalue weighted by Crippen LogP contribution is -2.39. The Kier molecular flexibility index (Phi) is 5.28. The number of hydrogen-bond acceptors (Lipinski definition) is 3. The Bertz CT molecular complexity index is 319. The molecule has 0 spiro atoms. The summed E-state index contributed by atoms with van der Waals surface area (Å²) in [7, 11) is 7.82. The summed E-state index contributed by atoms with van der Waals surface area (Å²) in [5.74, 6) is 0.823. The number of likely N-dealkylation sites (N-methyl/N-ethyl adjacent to an activating group) is 1. The van der Waals surface area contributed by atoms with E-state index in [1.165, 1.54) is 4.88 Å². The lowest BCUT2D eigenvalue weighted by Gasteiger charge is -2.24. The van der Waals surface area contributed by atoms with Crippen LogP contribution in [0.1, 0.15) is 10.9 Å². The smallest absolute Gasteiger partial charge is 0.190 e. The minimum absolute atomic E-state index is 0.380. The van der Waals surface area contributed by atoms with Crippen LogP contribution in [0.25, 0.3) is 0 Å². The Morgan fingerprint density at radius 1 is 1.56 bits per heavy atom. The van der Waals surface area contributed by atoms with Crippen molar-refractivity contribution in [3.63, 3.8) is 0 Å². The van der Waals surface area contributed by atoms with Crippen LogP contribution in [-0.2, 0) is 0 Å². The summed E-state index contributed by atoms with van der Waals surface area (Å²) in [6.45, 7) is 0.848. The summed E-state index contributed by atoms with van der Waals surface area (Å²) in [6.07, 6.45) is 0. The van der Waals surface area contributed by atoms with E-state index in [0.717, 1.165) is 12.5 Å². The number of aliphatic imine (C=N–C) groups is 1. The van der Waals surface area contributed by atoms with Gasteiger partial charge in [0, 0.05) is 25.5 Å². The molecule has 1 aromatic heterocycles. The van der Waals surface area contributed by atoms with Crippen molar-refractivity contribution in [2.24, 2.45) is 4.99 Å². The van der Waals surface area contributed by atoms with E-state index in [1.807, 2.05) is 7.05 Å². The first-order valence-electron chi connectivity index (χ1n) is 5.27. The Balaban J connectivity index is 2.60. The van der Waals surface area contributed by atoms with Gasteiger partial charge in [0.1, 0.15) is 0 Å². The molecule has 0 aliphatic carbocycles. The maximum atomic E-state index is 4.10. The molecule has 0 aliphatic heterocycles. The molecule has 0 aliphatic rings. The van der Waals surface area contributed by atoms with Gasteiger partial charge < -0.3 is 15.5 Å². The first-order chi connectivity index (χ1) is 7.69. The fourth-order valence-electron chi connectivity index (χ4n) is 1.49. The predicted octanol–water partition coefficient (Wildman–Crippen LogP) is 1.15. The summed E-state index contributed by atoms with van der Waals surface area (Å²) < 4.78 is 0. The number of thiophene rings is 1. The summed E-state index contributed by atoms with van der Waals surface area (Å²) in [4.78, 5) is 7.67. The minimum Gasteiger partial charge on any atom is -0.359 e. The van der Waals surface area contributed by atoms with E-state index in [1.54, 1.807) is 18.4 Å². The average molecular weight is 240 g/mol. The molecule has 0 amide bonds. The van der Waals surface area contributed by atoms with Gasteiger partial charge in [0.05, 0.1) is 6.04 Å². The van der Waals surface area contributed by atoms with Gasteiger partial charge in [-0.25, -0.2) is 0 Å². The lowest BCUT2D eigenvalue weighted by molar-refractivity contribution is 0.302. The van der Waals surface area contributed by atoms with E-state index in [-0.39, 0.29) is 0 Å². The van der Waals surface area contributed by atoms with Crippen LogP contribution in [0.2, 0.25) is 0 Å². The van der Waals surface area contributed by atoms with Crippen LogP contribution >= 0.6 is 11.3 Å². The monoisotopic (exact) mass is 240 g/mol. The molecule has 1 rings (SSSR count). The molecule has 90 valence electrons. The van der Waals surface area contributed by atoms with E-state index < -0.39 is 0 Å². The average Bonchev–Trinajstić information content (AvgIpc) is 2.77. The van der Waals surface area contributed by atoms with E-state index in [0.29, 0.717) is 6.04 Å². The van der Waals surface area contributed by atoms with Gasteiger partial charge in [0.25, 0.3) is 0 Å². The Hall–Kier alpha value is -1.07. The third kappa shape index (κ3) is 3.50. The summed E-state index contributed by atoms with van der Waals surface area (Å²) in [5.41, 5.74) is 0. The van der Waals surface area contributed by atoms with E-state index in [2.05, 4.69) is 52.1 Å². The summed E-state index contributed by atoms with van der Waals surface area (Å²) in [5, 5.41) is 8.42. The number of rotatable bonds is 4. The fraction of sp³-hybridized carbons (Fsp3) is 0.545. The van der Waals surface area contributed by atoms with Crippen LogP contribution in [0.4, 0.5) is 0 Å². The maximum Gasteiger partial charge on any atom is 0.190 e. The van der Waals surface area contributed by atoms with Gasteiger partial charge in [-0.2, -0.15) is 0 Å². The standard InChI is InChI=1S/C11H20N4S/c1-12-11(13-2)14-8-9(15(3)4)10-6-5-7-16-10/h5-7,9H,8H2,1-4H3,(H2,12,13,14)/t9-/m1/s1. The third-order valence-electron chi connectivity index (χ3n) is 2.42. The maximum absolute atomic E-state index is 4.10. The van der Waals surface area contributed by atoms with Gasteiger partial charge in [0.15, 0.2) is 5.96 Å². The minimum atomic E-state index is 0.380. The van der Waals surface area contributed by atoms with Crippen molar-refractivity contribution in [1.82, 2.24) is 15.5 Å². The molecule has 0 saturated carbocycles. The van der Waals surface area contributed by atoms with Gasteiger partial charge in [-0.05, 0) is 25.5 Å². The van der Waals surface area contributed by atoms with Crippen molar-refractivity contribution >= 4 is 17.3 Å². The highest BCUT2D eigenvalue weighted by atomic mass is 32.1. The van der Waals surface area contributed by atoms with Crippen molar-refractivity contribution in [3.8, 4) is 0 Å². The zero-order valence-electron chi connectivity index (χ0n) is 10.3. The zero-order chi connectivity index (χ0) is 12.0. The Morgan fingerprint density at radius 2 is 2.31 bits per heavy atom. The third-order valence-corrected chi connectivity index (χ3v) is 3.39. The zero-order valence-corrected chi connectivity index (χ0v) is 11.1. The molecular weight excluding hydrogens is 220 g/mol. The predicted molar refractivity (Wildman–Crippen MR) is 71.2 cm³/mol. The molecule has 1 aromatic rings. The van der Waals surface area contributed by atoms with Crippen molar-refractivity contribution in [2.45, 2.75) is 6.04 Å². The van der Waals surface area contributed by atoms with Gasteiger partial charge in [-0.15, -0.1) is 11.3 Å². The SMILES string of the molecule is CN=C(NC)NC[C@H](c1cccs1)N(C)C. The molecule has 0 radical (unpaired) electrons. The van der Waals surface area contributed by atoms with Crippen LogP contribution in [0.15, 0.2) is 22.5 Å². The number of nitrogens with one attached hydrogen (secondary N) is 2. The molecule has 4 nitrogen and oxygen atoms in total. The highest BCUT2D eigenvalue weighted by Gasteiger charge is 2.14. The van der Waals surface area contributed by atoms with Crippen LogP contribution in [-0.4, -0.2) is 45.6 Å². The van der Waals surface area contributed by atoms with Gasteiger partial charge in [-0.1, -0.05) is 6.07 Å². The molecule has 0 fully saturated rings. The Morgan fingerprint density at radius 3 is 2.75 bits per heavy atom. The molecule has 0 bridgehead atoms. The molecule has 16 heavy (non-hydrogen) atoms. The van der Waals surface area contributed by atoms with Gasteiger partial charge in [-0.3, -0.25) is 4.99 Å². The van der Waals surface area contributed by atoms with Crippen LogP contribution < -0.4 is 10.6 Å². The second kappa shape index (κ2) is 6.50. The Labute approximate surface area is 101 Å². The van der Waals surface area contributed by atoms with Crippen LogP contribution in [0, 0.1) is 0 Å². The molecule has 2 N–H and O–H groups in total. The molecule has 0 saturated heterocycles. The first-order valence-corrected chi connectivity index (χ1v) is 6.15. The molecule has 5 heteroatoms. The highest BCUT2D eigenvalue weighted by Crippen LogP contribution is 2.22. The second-order valence-electron chi connectivity index (χ2n) is 3.70. The molecule has 0 aromatic carbocycles. The largest absolute Gasteiger partial charge is 0.359 e. The summed E-state index contributed by atoms with van der Waals surface area (Å²) >= 11 is 1.78. The van der Waals surface area contributed by atoms with Crippen molar-refractivity contribution in [2.75, 3.05) is 34.7 Å².